The SMILES string of the molecule is O=C(NCCc1ccc(Cl)cc1)C(=O)Nc1nccs1. The summed E-state index contributed by atoms with van der Waals surface area (Å²) in [6, 6.07) is 7.33. The van der Waals surface area contributed by atoms with Crippen LogP contribution in [0.5, 0.6) is 0 Å². The quantitative estimate of drug-likeness (QED) is 0.850. The maximum Gasteiger partial charge on any atom is 0.315 e. The van der Waals surface area contributed by atoms with Crippen LogP contribution in [0, 0.1) is 0 Å². The van der Waals surface area contributed by atoms with E-state index in [1.54, 1.807) is 23.7 Å². The van der Waals surface area contributed by atoms with E-state index in [1.807, 2.05) is 12.1 Å². The standard InChI is InChI=1S/C13H12ClN3O2S/c14-10-3-1-9(2-4-10)5-6-15-11(18)12(19)17-13-16-7-8-20-13/h1-4,7-8H,5-6H2,(H,15,18)(H,16,17,19). The normalized spacial score (nSPS) is 10.1. The van der Waals surface area contributed by atoms with Gasteiger partial charge in [0, 0.05) is 23.1 Å². The van der Waals surface area contributed by atoms with E-state index >= 15 is 0 Å². The first kappa shape index (κ1) is 14.5. The van der Waals surface area contributed by atoms with Gasteiger partial charge in [0.1, 0.15) is 0 Å². The van der Waals surface area contributed by atoms with E-state index < -0.39 is 11.8 Å². The Hall–Kier alpha value is -1.92. The Labute approximate surface area is 125 Å². The number of anilines is 1. The number of carbonyl (C=O) groups is 2. The Morgan fingerprint density at radius 3 is 2.60 bits per heavy atom. The van der Waals surface area contributed by atoms with Crippen LogP contribution in [0.15, 0.2) is 35.8 Å². The summed E-state index contributed by atoms with van der Waals surface area (Å²) in [5, 5.41) is 7.76. The number of nitrogens with zero attached hydrogens (tertiary/aromatic N) is 1. The van der Waals surface area contributed by atoms with Crippen LogP contribution in [0.4, 0.5) is 5.13 Å². The van der Waals surface area contributed by atoms with Crippen molar-refractivity contribution in [3.8, 4) is 0 Å². The number of amides is 2. The molecule has 0 radical (unpaired) electrons. The van der Waals surface area contributed by atoms with E-state index in [2.05, 4.69) is 15.6 Å². The summed E-state index contributed by atoms with van der Waals surface area (Å²) < 4.78 is 0. The zero-order valence-corrected chi connectivity index (χ0v) is 12.0. The monoisotopic (exact) mass is 309 g/mol. The molecule has 1 aromatic carbocycles. The predicted octanol–water partition coefficient (Wildman–Crippen LogP) is 2.09. The first-order valence-corrected chi connectivity index (χ1v) is 7.14. The Balaban J connectivity index is 1.74. The van der Waals surface area contributed by atoms with Gasteiger partial charge in [0.05, 0.1) is 0 Å². The molecule has 0 aliphatic carbocycles. The molecule has 5 nitrogen and oxygen atoms in total. The van der Waals surface area contributed by atoms with Gasteiger partial charge in [0.25, 0.3) is 0 Å². The number of rotatable bonds is 4. The maximum atomic E-state index is 11.5. The van der Waals surface area contributed by atoms with Gasteiger partial charge in [-0.2, -0.15) is 0 Å². The van der Waals surface area contributed by atoms with Crippen LogP contribution in [0.25, 0.3) is 0 Å². The third-order valence-electron chi connectivity index (χ3n) is 2.47. The zero-order valence-electron chi connectivity index (χ0n) is 10.4. The third-order valence-corrected chi connectivity index (χ3v) is 3.41. The summed E-state index contributed by atoms with van der Waals surface area (Å²) in [5.74, 6) is -1.38. The molecule has 0 spiro atoms. The van der Waals surface area contributed by atoms with E-state index in [0.717, 1.165) is 5.56 Å². The molecule has 0 fully saturated rings. The molecule has 1 aromatic heterocycles. The largest absolute Gasteiger partial charge is 0.347 e. The molecule has 2 amide bonds. The smallest absolute Gasteiger partial charge is 0.315 e. The molecule has 2 N–H and O–H groups in total. The van der Waals surface area contributed by atoms with Crippen molar-refractivity contribution in [3.05, 3.63) is 46.4 Å². The van der Waals surface area contributed by atoms with Crippen LogP contribution >= 0.6 is 22.9 Å². The summed E-state index contributed by atoms with van der Waals surface area (Å²) in [4.78, 5) is 26.9. The number of carbonyl (C=O) groups excluding carboxylic acids is 2. The molecule has 0 aliphatic heterocycles. The number of hydrogen-bond acceptors (Lipinski definition) is 4. The predicted molar refractivity (Wildman–Crippen MR) is 78.9 cm³/mol. The first-order valence-electron chi connectivity index (χ1n) is 5.88. The van der Waals surface area contributed by atoms with Crippen LogP contribution in [0.3, 0.4) is 0 Å². The second-order valence-electron chi connectivity index (χ2n) is 3.92. The lowest BCUT2D eigenvalue weighted by Crippen LogP contribution is -2.36. The molecule has 7 heteroatoms. The van der Waals surface area contributed by atoms with Crippen molar-refractivity contribution >= 4 is 39.9 Å². The zero-order chi connectivity index (χ0) is 14.4. The molecule has 0 unspecified atom stereocenters. The van der Waals surface area contributed by atoms with Crippen LogP contribution in [0.1, 0.15) is 5.56 Å². The number of nitrogens with one attached hydrogen (secondary N) is 2. The van der Waals surface area contributed by atoms with Crippen molar-refractivity contribution in [2.24, 2.45) is 0 Å². The highest BCUT2D eigenvalue weighted by Gasteiger charge is 2.13. The summed E-state index contributed by atoms with van der Waals surface area (Å²) in [5.41, 5.74) is 1.04. The van der Waals surface area contributed by atoms with Gasteiger partial charge in [0.2, 0.25) is 0 Å². The Morgan fingerprint density at radius 1 is 1.20 bits per heavy atom. The first-order chi connectivity index (χ1) is 9.65. The van der Waals surface area contributed by atoms with Gasteiger partial charge in [-0.1, -0.05) is 23.7 Å². The second-order valence-corrected chi connectivity index (χ2v) is 5.25. The Morgan fingerprint density at radius 2 is 1.95 bits per heavy atom. The lowest BCUT2D eigenvalue weighted by Gasteiger charge is -2.05. The van der Waals surface area contributed by atoms with E-state index in [9.17, 15) is 9.59 Å². The molecule has 0 saturated heterocycles. The van der Waals surface area contributed by atoms with Gasteiger partial charge in [-0.3, -0.25) is 14.9 Å². The van der Waals surface area contributed by atoms with E-state index in [-0.39, 0.29) is 0 Å². The lowest BCUT2D eigenvalue weighted by atomic mass is 10.1. The number of aromatic nitrogens is 1. The highest BCUT2D eigenvalue weighted by atomic mass is 35.5. The molecule has 20 heavy (non-hydrogen) atoms. The van der Waals surface area contributed by atoms with Crippen molar-refractivity contribution < 1.29 is 9.59 Å². The minimum atomic E-state index is -0.712. The fourth-order valence-corrected chi connectivity index (χ4v) is 2.14. The maximum absolute atomic E-state index is 11.5. The van der Waals surface area contributed by atoms with Crippen LogP contribution in [0.2, 0.25) is 5.02 Å². The number of hydrogen-bond donors (Lipinski definition) is 2. The van der Waals surface area contributed by atoms with Gasteiger partial charge in [-0.25, -0.2) is 4.98 Å². The molecular weight excluding hydrogens is 298 g/mol. The highest BCUT2D eigenvalue weighted by molar-refractivity contribution is 7.13. The Bertz CT molecular complexity index is 584. The summed E-state index contributed by atoms with van der Waals surface area (Å²) in [7, 11) is 0. The molecule has 2 aromatic rings. The van der Waals surface area contributed by atoms with Gasteiger partial charge in [-0.15, -0.1) is 11.3 Å². The second kappa shape index (κ2) is 7.02. The molecule has 1 heterocycles. The number of thiazole rings is 1. The van der Waals surface area contributed by atoms with E-state index in [4.69, 9.17) is 11.6 Å². The molecule has 0 atom stereocenters. The van der Waals surface area contributed by atoms with E-state index in [1.165, 1.54) is 11.3 Å². The van der Waals surface area contributed by atoms with Gasteiger partial charge >= 0.3 is 11.8 Å². The topological polar surface area (TPSA) is 71.1 Å². The lowest BCUT2D eigenvalue weighted by molar-refractivity contribution is -0.136. The van der Waals surface area contributed by atoms with Crippen molar-refractivity contribution in [2.75, 3.05) is 11.9 Å². The van der Waals surface area contributed by atoms with Crippen molar-refractivity contribution in [2.45, 2.75) is 6.42 Å². The fourth-order valence-electron chi connectivity index (χ4n) is 1.49. The molecule has 0 saturated carbocycles. The average Bonchev–Trinajstić information content (AvgIpc) is 2.93. The Kier molecular flexibility index (Phi) is 5.09. The van der Waals surface area contributed by atoms with Crippen molar-refractivity contribution in [1.82, 2.24) is 10.3 Å². The van der Waals surface area contributed by atoms with Crippen LogP contribution < -0.4 is 10.6 Å². The molecule has 0 bridgehead atoms. The van der Waals surface area contributed by atoms with Crippen molar-refractivity contribution in [1.29, 1.82) is 0 Å². The van der Waals surface area contributed by atoms with Crippen molar-refractivity contribution in [3.63, 3.8) is 0 Å². The molecular formula is C13H12ClN3O2S. The van der Waals surface area contributed by atoms with Crippen LogP contribution in [-0.2, 0) is 16.0 Å². The molecule has 104 valence electrons. The number of halogens is 1. The van der Waals surface area contributed by atoms with Crippen LogP contribution in [-0.4, -0.2) is 23.3 Å². The number of benzene rings is 1. The summed E-state index contributed by atoms with van der Waals surface area (Å²) >= 11 is 7.03. The summed E-state index contributed by atoms with van der Waals surface area (Å²) in [6.45, 7) is 0.381. The van der Waals surface area contributed by atoms with E-state index in [0.29, 0.717) is 23.1 Å². The summed E-state index contributed by atoms with van der Waals surface area (Å²) in [6.07, 6.45) is 2.19. The van der Waals surface area contributed by atoms with Gasteiger partial charge < -0.3 is 5.32 Å². The molecule has 0 aliphatic rings. The highest BCUT2D eigenvalue weighted by Crippen LogP contribution is 2.10. The third kappa shape index (κ3) is 4.32. The fraction of sp³-hybridized carbons (Fsp3) is 0.154. The minimum absolute atomic E-state index is 0.381. The average molecular weight is 310 g/mol. The van der Waals surface area contributed by atoms with Gasteiger partial charge in [0.15, 0.2) is 5.13 Å². The minimum Gasteiger partial charge on any atom is -0.347 e. The molecule has 2 rings (SSSR count). The van der Waals surface area contributed by atoms with Gasteiger partial charge in [-0.05, 0) is 24.1 Å².